The first-order chi connectivity index (χ1) is 14.9. The van der Waals surface area contributed by atoms with Gasteiger partial charge in [-0.05, 0) is 32.8 Å². The lowest BCUT2D eigenvalue weighted by Crippen LogP contribution is -2.57. The molecule has 2 atom stereocenters. The van der Waals surface area contributed by atoms with Crippen LogP contribution in [-0.4, -0.2) is 51.9 Å². The largest absolute Gasteiger partial charge is 0.402 e. The third-order valence-electron chi connectivity index (χ3n) is 6.52. The monoisotopic (exact) mass is 426 g/mol. The van der Waals surface area contributed by atoms with Gasteiger partial charge in [-0.2, -0.15) is 0 Å². The van der Waals surface area contributed by atoms with Gasteiger partial charge in [0.2, 0.25) is 11.9 Å². The number of imide groups is 1. The van der Waals surface area contributed by atoms with Crippen molar-refractivity contribution in [2.45, 2.75) is 51.9 Å². The molecular weight excluding hydrogens is 401 g/mol. The third-order valence-corrected chi connectivity index (χ3v) is 6.52. The highest BCUT2D eigenvalue weighted by atomic mass is 19.1. The number of aliphatic imine (C=N–C) groups is 1. The normalized spacial score (nSPS) is 22.8. The first-order valence-electron chi connectivity index (χ1n) is 10.5. The summed E-state index contributed by atoms with van der Waals surface area (Å²) in [6, 6.07) is 4.93. The van der Waals surface area contributed by atoms with Crippen LogP contribution in [0.5, 0.6) is 0 Å². The minimum atomic E-state index is -0.742. The number of rotatable bonds is 4. The Labute approximate surface area is 179 Å². The number of fused-ring (bicyclic) bond motifs is 3. The number of imidazole rings is 1. The number of amides is 3. The van der Waals surface area contributed by atoms with Gasteiger partial charge in [-0.25, -0.2) is 18.3 Å². The molecule has 0 N–H and O–H groups in total. The summed E-state index contributed by atoms with van der Waals surface area (Å²) >= 11 is 0. The number of hydrogen-bond acceptors (Lipinski definition) is 4. The topological polar surface area (TPSA) is 71.0 Å². The molecule has 0 aliphatic carbocycles. The zero-order chi connectivity index (χ0) is 21.9. The standard InChI is InChI=1S/C22H25FN5O3/c1-13-14(2)28-18-19(24-21(28)26(13)12-16-8-6-10-31-16)25(3)22(30)27(20(18)29)11-15-7-4-5-9-17(15)23/h4-5,7,9,16,18H,6,8,10-12H2,1-3H3/q+1. The summed E-state index contributed by atoms with van der Waals surface area (Å²) in [4.78, 5) is 33.7. The minimum Gasteiger partial charge on any atom is -0.375 e. The molecule has 8 nitrogen and oxygen atoms in total. The highest BCUT2D eigenvalue weighted by Crippen LogP contribution is 2.36. The van der Waals surface area contributed by atoms with Crippen LogP contribution in [0.2, 0.25) is 0 Å². The molecule has 4 heterocycles. The van der Waals surface area contributed by atoms with Crippen molar-refractivity contribution in [2.24, 2.45) is 4.99 Å². The molecule has 31 heavy (non-hydrogen) atoms. The van der Waals surface area contributed by atoms with E-state index in [1.165, 1.54) is 11.0 Å². The van der Waals surface area contributed by atoms with Gasteiger partial charge in [0.15, 0.2) is 0 Å². The number of aromatic nitrogens is 2. The molecule has 2 saturated heterocycles. The molecule has 2 aromatic rings. The van der Waals surface area contributed by atoms with Crippen LogP contribution in [0.1, 0.15) is 35.8 Å². The molecule has 0 radical (unpaired) electrons. The second-order valence-electron chi connectivity index (χ2n) is 8.32. The van der Waals surface area contributed by atoms with Crippen LogP contribution in [0.4, 0.5) is 15.1 Å². The van der Waals surface area contributed by atoms with Crippen molar-refractivity contribution in [3.05, 3.63) is 47.0 Å². The van der Waals surface area contributed by atoms with E-state index < -0.39 is 23.8 Å². The van der Waals surface area contributed by atoms with E-state index in [2.05, 4.69) is 4.57 Å². The lowest BCUT2D eigenvalue weighted by molar-refractivity contribution is -0.695. The summed E-state index contributed by atoms with van der Waals surface area (Å²) < 4.78 is 24.0. The smallest absolute Gasteiger partial charge is 0.375 e. The van der Waals surface area contributed by atoms with Gasteiger partial charge in [0.25, 0.3) is 5.91 Å². The second kappa shape index (κ2) is 7.26. The summed E-state index contributed by atoms with van der Waals surface area (Å²) in [6.45, 7) is 5.25. The maximum Gasteiger partial charge on any atom is 0.402 e. The van der Waals surface area contributed by atoms with Gasteiger partial charge < -0.3 is 4.74 Å². The van der Waals surface area contributed by atoms with Gasteiger partial charge in [0, 0.05) is 19.2 Å². The van der Waals surface area contributed by atoms with E-state index >= 15 is 0 Å². The van der Waals surface area contributed by atoms with Gasteiger partial charge in [0.05, 0.1) is 19.2 Å². The van der Waals surface area contributed by atoms with Crippen LogP contribution in [0, 0.1) is 19.7 Å². The van der Waals surface area contributed by atoms with Crippen molar-refractivity contribution in [2.75, 3.05) is 13.7 Å². The maximum atomic E-state index is 14.2. The van der Waals surface area contributed by atoms with Crippen LogP contribution in [0.3, 0.4) is 0 Å². The van der Waals surface area contributed by atoms with Crippen LogP contribution in [0.15, 0.2) is 29.3 Å². The zero-order valence-corrected chi connectivity index (χ0v) is 17.8. The van der Waals surface area contributed by atoms with Crippen molar-refractivity contribution < 1.29 is 23.3 Å². The molecule has 0 bridgehead atoms. The van der Waals surface area contributed by atoms with E-state index in [-0.39, 0.29) is 12.6 Å². The molecule has 0 spiro atoms. The minimum absolute atomic E-state index is 0.116. The predicted molar refractivity (Wildman–Crippen MR) is 109 cm³/mol. The van der Waals surface area contributed by atoms with E-state index in [1.807, 2.05) is 18.4 Å². The Hall–Kier alpha value is -3.07. The van der Waals surface area contributed by atoms with Gasteiger partial charge in [0.1, 0.15) is 17.2 Å². The molecule has 3 aliphatic rings. The summed E-state index contributed by atoms with van der Waals surface area (Å²) in [5.74, 6) is 0.205. The third kappa shape index (κ3) is 2.98. The fourth-order valence-corrected chi connectivity index (χ4v) is 4.66. The van der Waals surface area contributed by atoms with E-state index in [0.29, 0.717) is 23.9 Å². The fraction of sp³-hybridized carbons (Fsp3) is 0.455. The number of carbonyl (C=O) groups is 2. The SMILES string of the molecule is Cc1c(C)[n+](CC2CCCO2)c2n1C1C(=O)N(Cc3ccccc3F)C(=O)N(C)C1=N2. The first kappa shape index (κ1) is 19.9. The Morgan fingerprint density at radius 1 is 1.26 bits per heavy atom. The molecule has 5 rings (SSSR count). The van der Waals surface area contributed by atoms with Crippen molar-refractivity contribution in [1.29, 1.82) is 0 Å². The van der Waals surface area contributed by atoms with Crippen molar-refractivity contribution >= 4 is 23.7 Å². The Balaban J connectivity index is 1.53. The lowest BCUT2D eigenvalue weighted by Gasteiger charge is -2.33. The molecule has 2 fully saturated rings. The summed E-state index contributed by atoms with van der Waals surface area (Å²) in [5.41, 5.74) is 2.23. The molecule has 9 heteroatoms. The quantitative estimate of drug-likeness (QED) is 0.705. The highest BCUT2D eigenvalue weighted by molar-refractivity contribution is 6.20. The summed E-state index contributed by atoms with van der Waals surface area (Å²) in [7, 11) is 1.61. The maximum absolute atomic E-state index is 14.2. The first-order valence-corrected chi connectivity index (χ1v) is 10.5. The molecule has 1 aromatic heterocycles. The van der Waals surface area contributed by atoms with Crippen LogP contribution in [-0.2, 0) is 22.6 Å². The number of halogens is 1. The molecule has 0 saturated carbocycles. The zero-order valence-electron chi connectivity index (χ0n) is 17.8. The van der Waals surface area contributed by atoms with Crippen molar-refractivity contribution in [3.63, 3.8) is 0 Å². The number of nitrogens with zero attached hydrogens (tertiary/aromatic N) is 5. The summed E-state index contributed by atoms with van der Waals surface area (Å²) in [5, 5.41) is 0. The van der Waals surface area contributed by atoms with Crippen LogP contribution >= 0.6 is 0 Å². The molecular formula is C22H25FN5O3+. The van der Waals surface area contributed by atoms with Crippen molar-refractivity contribution in [1.82, 2.24) is 14.4 Å². The average molecular weight is 426 g/mol. The van der Waals surface area contributed by atoms with E-state index in [9.17, 15) is 14.0 Å². The number of carbonyl (C=O) groups excluding carboxylic acids is 2. The average Bonchev–Trinajstić information content (AvgIpc) is 3.46. The highest BCUT2D eigenvalue weighted by Gasteiger charge is 2.54. The van der Waals surface area contributed by atoms with Gasteiger partial charge in [-0.1, -0.05) is 23.2 Å². The second-order valence-corrected chi connectivity index (χ2v) is 8.32. The number of amidine groups is 1. The van der Waals surface area contributed by atoms with Crippen LogP contribution in [0.25, 0.3) is 0 Å². The lowest BCUT2D eigenvalue weighted by atomic mass is 10.1. The Morgan fingerprint density at radius 2 is 2.03 bits per heavy atom. The number of ether oxygens (including phenoxy) is 1. The number of urea groups is 1. The molecule has 3 amide bonds. The Morgan fingerprint density at radius 3 is 2.74 bits per heavy atom. The van der Waals surface area contributed by atoms with Gasteiger partial charge in [-0.15, -0.1) is 0 Å². The molecule has 162 valence electrons. The predicted octanol–water partition coefficient (Wildman–Crippen LogP) is 2.39. The number of hydrogen-bond donors (Lipinski definition) is 0. The van der Waals surface area contributed by atoms with E-state index in [4.69, 9.17) is 9.73 Å². The molecule has 3 aliphatic heterocycles. The van der Waals surface area contributed by atoms with Crippen LogP contribution < -0.4 is 4.57 Å². The number of benzene rings is 1. The number of likely N-dealkylation sites (N-methyl/N-ethyl adjacent to an activating group) is 1. The van der Waals surface area contributed by atoms with Gasteiger partial charge in [-0.3, -0.25) is 14.6 Å². The fourth-order valence-electron chi connectivity index (χ4n) is 4.66. The Bertz CT molecular complexity index is 1120. The molecule has 2 unspecified atom stereocenters. The van der Waals surface area contributed by atoms with Crippen molar-refractivity contribution in [3.8, 4) is 0 Å². The molecule has 1 aromatic carbocycles. The van der Waals surface area contributed by atoms with Gasteiger partial charge >= 0.3 is 12.0 Å². The Kier molecular flexibility index (Phi) is 4.65. The summed E-state index contributed by atoms with van der Waals surface area (Å²) in [6.07, 6.45) is 2.15. The van der Waals surface area contributed by atoms with E-state index in [1.54, 1.807) is 25.2 Å². The van der Waals surface area contributed by atoms with E-state index in [0.717, 1.165) is 35.7 Å².